The number of nitrogens with zero attached hydrogens (tertiary/aromatic N) is 2. The molecule has 5 nitrogen and oxygen atoms in total. The third kappa shape index (κ3) is 5.78. The van der Waals surface area contributed by atoms with Crippen molar-refractivity contribution in [3.05, 3.63) is 36.4 Å². The molecule has 2 aromatic rings. The van der Waals surface area contributed by atoms with Crippen molar-refractivity contribution in [1.82, 2.24) is 15.2 Å². The molecule has 3 heterocycles. The van der Waals surface area contributed by atoms with Crippen LogP contribution in [-0.2, 0) is 4.79 Å². The summed E-state index contributed by atoms with van der Waals surface area (Å²) in [4.78, 5) is 19.3. The molecular weight excluding hydrogens is 427 g/mol. The summed E-state index contributed by atoms with van der Waals surface area (Å²) in [5, 5.41) is 7.99. The van der Waals surface area contributed by atoms with Crippen molar-refractivity contribution < 1.29 is 4.79 Å². The highest BCUT2D eigenvalue weighted by molar-refractivity contribution is 7.99. The van der Waals surface area contributed by atoms with E-state index in [2.05, 4.69) is 27.8 Å². The smallest absolute Gasteiger partial charge is 0.239 e. The molecule has 0 bridgehead atoms. The summed E-state index contributed by atoms with van der Waals surface area (Å²) in [6, 6.07) is 12.4. The number of nitrogens with one attached hydrogen (secondary N) is 2. The number of fused-ring (bicyclic) bond motifs is 1. The Bertz CT molecular complexity index is 745. The zero-order chi connectivity index (χ0) is 16.4. The predicted molar refractivity (Wildman–Crippen MR) is 121 cm³/mol. The van der Waals surface area contributed by atoms with Crippen LogP contribution in [0, 0.1) is 0 Å². The van der Waals surface area contributed by atoms with E-state index in [0.29, 0.717) is 0 Å². The summed E-state index contributed by atoms with van der Waals surface area (Å²) >= 11 is 1.93. The van der Waals surface area contributed by atoms with Gasteiger partial charge in [0.2, 0.25) is 5.91 Å². The monoisotopic (exact) mass is 450 g/mol. The Balaban J connectivity index is 0.00000121. The second-order valence-electron chi connectivity index (χ2n) is 6.36. The third-order valence-corrected chi connectivity index (χ3v) is 5.64. The lowest BCUT2D eigenvalue weighted by atomic mass is 10.1. The summed E-state index contributed by atoms with van der Waals surface area (Å²) < 4.78 is 0. The molecule has 27 heavy (non-hydrogen) atoms. The molecule has 0 radical (unpaired) electrons. The molecular formula is C18H25Cl3N4OS. The molecule has 9 heteroatoms. The van der Waals surface area contributed by atoms with Gasteiger partial charge in [-0.1, -0.05) is 18.2 Å². The van der Waals surface area contributed by atoms with E-state index in [4.69, 9.17) is 0 Å². The number of benzene rings is 1. The Kier molecular flexibility index (Phi) is 9.98. The van der Waals surface area contributed by atoms with Crippen molar-refractivity contribution in [2.24, 2.45) is 0 Å². The molecule has 2 N–H and O–H groups in total. The minimum Gasteiger partial charge on any atom is -0.366 e. The van der Waals surface area contributed by atoms with E-state index in [9.17, 15) is 4.79 Å². The molecule has 1 aromatic heterocycles. The molecule has 2 atom stereocenters. The fourth-order valence-electron chi connectivity index (χ4n) is 3.39. The highest BCUT2D eigenvalue weighted by atomic mass is 35.5. The largest absolute Gasteiger partial charge is 0.366 e. The average molecular weight is 452 g/mol. The van der Waals surface area contributed by atoms with Gasteiger partial charge in [-0.05, 0) is 24.6 Å². The Morgan fingerprint density at radius 3 is 2.63 bits per heavy atom. The van der Waals surface area contributed by atoms with Gasteiger partial charge in [0, 0.05) is 42.6 Å². The first-order chi connectivity index (χ1) is 11.8. The Hall–Kier alpha value is -0.920. The lowest BCUT2D eigenvalue weighted by Crippen LogP contribution is -2.46. The van der Waals surface area contributed by atoms with Crippen molar-refractivity contribution in [3.8, 4) is 0 Å². The standard InChI is InChI=1S/C18H22N4OS.3ClH/c23-18(22-7-9-24-10-8-22)16-11-14(12-19-16)20-17-6-5-13-3-1-2-4-15(13)21-17;;;/h1-6,14,16,19H,7-12H2,(H,20,21);3*1H/t14-,16-;;;/m0.../s1. The predicted octanol–water partition coefficient (Wildman–Crippen LogP) is 3.22. The number of amides is 1. The van der Waals surface area contributed by atoms with Gasteiger partial charge in [-0.15, -0.1) is 37.2 Å². The van der Waals surface area contributed by atoms with Crippen molar-refractivity contribution >= 4 is 71.6 Å². The fourth-order valence-corrected chi connectivity index (χ4v) is 4.30. The quantitative estimate of drug-likeness (QED) is 0.750. The number of aromatic nitrogens is 1. The molecule has 0 spiro atoms. The van der Waals surface area contributed by atoms with Crippen LogP contribution in [-0.4, -0.2) is 59.0 Å². The molecule has 0 unspecified atom stereocenters. The lowest BCUT2D eigenvalue weighted by Gasteiger charge is -2.28. The molecule has 2 aliphatic heterocycles. The summed E-state index contributed by atoms with van der Waals surface area (Å²) in [7, 11) is 0. The summed E-state index contributed by atoms with van der Waals surface area (Å²) in [5.41, 5.74) is 0.992. The number of hydrogen-bond acceptors (Lipinski definition) is 5. The second-order valence-corrected chi connectivity index (χ2v) is 7.59. The fraction of sp³-hybridized carbons (Fsp3) is 0.444. The number of para-hydroxylation sites is 1. The van der Waals surface area contributed by atoms with Crippen molar-refractivity contribution in [2.45, 2.75) is 18.5 Å². The van der Waals surface area contributed by atoms with Crippen molar-refractivity contribution in [3.63, 3.8) is 0 Å². The SMILES string of the molecule is Cl.Cl.Cl.O=C([C@@H]1C[C@H](Nc2ccc3ccccc3n2)CN1)N1CCSCC1. The number of carbonyl (C=O) groups excluding carboxylic acids is 1. The average Bonchev–Trinajstić information content (AvgIpc) is 3.10. The molecule has 1 aromatic carbocycles. The number of halogens is 3. The van der Waals surface area contributed by atoms with Crippen LogP contribution in [0.2, 0.25) is 0 Å². The maximum atomic E-state index is 12.6. The third-order valence-electron chi connectivity index (χ3n) is 4.70. The summed E-state index contributed by atoms with van der Waals surface area (Å²) in [5.74, 6) is 3.25. The van der Waals surface area contributed by atoms with Gasteiger partial charge in [0.25, 0.3) is 0 Å². The number of rotatable bonds is 3. The zero-order valence-electron chi connectivity index (χ0n) is 14.8. The lowest BCUT2D eigenvalue weighted by molar-refractivity contribution is -0.132. The van der Waals surface area contributed by atoms with Crippen LogP contribution in [0.3, 0.4) is 0 Å². The van der Waals surface area contributed by atoms with Gasteiger partial charge >= 0.3 is 0 Å². The first-order valence-electron chi connectivity index (χ1n) is 8.52. The first-order valence-corrected chi connectivity index (χ1v) is 9.67. The molecule has 150 valence electrons. The number of pyridine rings is 1. The number of carbonyl (C=O) groups is 1. The van der Waals surface area contributed by atoms with E-state index < -0.39 is 0 Å². The minimum absolute atomic E-state index is 0. The molecule has 2 saturated heterocycles. The van der Waals surface area contributed by atoms with E-state index in [1.165, 1.54) is 0 Å². The van der Waals surface area contributed by atoms with Crippen LogP contribution in [0.15, 0.2) is 36.4 Å². The van der Waals surface area contributed by atoms with Crippen molar-refractivity contribution in [2.75, 3.05) is 36.5 Å². The van der Waals surface area contributed by atoms with Crippen LogP contribution in [0.5, 0.6) is 0 Å². The molecule has 1 amide bonds. The van der Waals surface area contributed by atoms with Crippen LogP contribution in [0.1, 0.15) is 6.42 Å². The number of anilines is 1. The van der Waals surface area contributed by atoms with Crippen molar-refractivity contribution in [1.29, 1.82) is 0 Å². The Morgan fingerprint density at radius 1 is 1.11 bits per heavy atom. The molecule has 2 aliphatic rings. The highest BCUT2D eigenvalue weighted by Crippen LogP contribution is 2.19. The molecule has 0 saturated carbocycles. The summed E-state index contributed by atoms with van der Waals surface area (Å²) in [6.45, 7) is 2.56. The molecule has 0 aliphatic carbocycles. The van der Waals surface area contributed by atoms with Gasteiger partial charge < -0.3 is 15.5 Å². The summed E-state index contributed by atoms with van der Waals surface area (Å²) in [6.07, 6.45) is 0.816. The topological polar surface area (TPSA) is 57.3 Å². The second kappa shape index (κ2) is 11.2. The van der Waals surface area contributed by atoms with Crippen LogP contribution in [0.4, 0.5) is 5.82 Å². The van der Waals surface area contributed by atoms with E-state index in [1.54, 1.807) is 0 Å². The van der Waals surface area contributed by atoms with Gasteiger partial charge in [-0.2, -0.15) is 11.8 Å². The highest BCUT2D eigenvalue weighted by Gasteiger charge is 2.32. The van der Waals surface area contributed by atoms with Crippen LogP contribution < -0.4 is 10.6 Å². The van der Waals surface area contributed by atoms with Crippen LogP contribution >= 0.6 is 49.0 Å². The molecule has 2 fully saturated rings. The Morgan fingerprint density at radius 2 is 1.85 bits per heavy atom. The number of thioether (sulfide) groups is 1. The van der Waals surface area contributed by atoms with Gasteiger partial charge in [-0.25, -0.2) is 4.98 Å². The zero-order valence-corrected chi connectivity index (χ0v) is 18.1. The minimum atomic E-state index is -0.0638. The first kappa shape index (κ1) is 24.1. The number of hydrogen-bond donors (Lipinski definition) is 2. The Labute approximate surface area is 182 Å². The van der Waals surface area contributed by atoms with E-state index in [0.717, 1.165) is 54.3 Å². The maximum absolute atomic E-state index is 12.6. The van der Waals surface area contributed by atoms with E-state index in [-0.39, 0.29) is 55.2 Å². The van der Waals surface area contributed by atoms with Gasteiger partial charge in [0.1, 0.15) is 5.82 Å². The van der Waals surface area contributed by atoms with E-state index >= 15 is 0 Å². The van der Waals surface area contributed by atoms with Gasteiger partial charge in [0.15, 0.2) is 0 Å². The maximum Gasteiger partial charge on any atom is 0.239 e. The van der Waals surface area contributed by atoms with Crippen LogP contribution in [0.25, 0.3) is 10.9 Å². The normalized spacial score (nSPS) is 21.6. The van der Waals surface area contributed by atoms with Gasteiger partial charge in [-0.3, -0.25) is 4.79 Å². The molecule has 4 rings (SSSR count). The van der Waals surface area contributed by atoms with Gasteiger partial charge in [0.05, 0.1) is 11.6 Å². The van der Waals surface area contributed by atoms with E-state index in [1.807, 2.05) is 40.9 Å².